The molecule has 0 fully saturated rings. The van der Waals surface area contributed by atoms with Crippen molar-refractivity contribution in [3.8, 4) is 5.75 Å². The van der Waals surface area contributed by atoms with Crippen molar-refractivity contribution in [1.82, 2.24) is 5.32 Å². The monoisotopic (exact) mass is 307 g/mol. The molecular formula is C17H25NO4. The van der Waals surface area contributed by atoms with E-state index in [1.807, 2.05) is 45.0 Å². The molecule has 0 bridgehead atoms. The van der Waals surface area contributed by atoms with Crippen molar-refractivity contribution >= 4 is 11.9 Å². The Morgan fingerprint density at radius 2 is 1.77 bits per heavy atom. The smallest absolute Gasteiger partial charge is 0.307 e. The molecule has 1 N–H and O–H groups in total. The number of methoxy groups -OCH3 is 1. The van der Waals surface area contributed by atoms with E-state index in [4.69, 9.17) is 9.47 Å². The number of rotatable bonds is 6. The van der Waals surface area contributed by atoms with Gasteiger partial charge in [-0.05, 0) is 30.0 Å². The highest BCUT2D eigenvalue weighted by molar-refractivity contribution is 5.83. The van der Waals surface area contributed by atoms with E-state index in [2.05, 4.69) is 5.32 Å². The first-order valence-electron chi connectivity index (χ1n) is 7.31. The van der Waals surface area contributed by atoms with Crippen LogP contribution in [0, 0.1) is 5.41 Å². The molecule has 0 radical (unpaired) electrons. The molecule has 1 atom stereocenters. The summed E-state index contributed by atoms with van der Waals surface area (Å²) in [6, 6.07) is 7.40. The van der Waals surface area contributed by atoms with E-state index in [1.54, 1.807) is 14.0 Å². The number of hydrogen-bond acceptors (Lipinski definition) is 4. The van der Waals surface area contributed by atoms with Crippen LogP contribution in [0.25, 0.3) is 0 Å². The average Bonchev–Trinajstić information content (AvgIpc) is 2.43. The van der Waals surface area contributed by atoms with Crippen LogP contribution in [0.5, 0.6) is 5.75 Å². The van der Waals surface area contributed by atoms with Gasteiger partial charge in [0.15, 0.2) is 6.10 Å². The van der Waals surface area contributed by atoms with Crippen LogP contribution >= 0.6 is 0 Å². The highest BCUT2D eigenvalue weighted by Crippen LogP contribution is 2.19. The Kier molecular flexibility index (Phi) is 6.40. The summed E-state index contributed by atoms with van der Waals surface area (Å²) in [6.07, 6.45) is -0.517. The maximum Gasteiger partial charge on any atom is 0.307 e. The van der Waals surface area contributed by atoms with Crippen LogP contribution in [0.4, 0.5) is 0 Å². The van der Waals surface area contributed by atoms with E-state index in [0.29, 0.717) is 6.54 Å². The van der Waals surface area contributed by atoms with Crippen molar-refractivity contribution in [2.75, 3.05) is 7.11 Å². The predicted molar refractivity (Wildman–Crippen MR) is 84.5 cm³/mol. The SMILES string of the molecule is COc1ccc(CNC(=O)[C@H](C)OC(=O)CC(C)(C)C)cc1. The van der Waals surface area contributed by atoms with Crippen molar-refractivity contribution in [2.45, 2.75) is 46.8 Å². The van der Waals surface area contributed by atoms with E-state index in [1.165, 1.54) is 0 Å². The van der Waals surface area contributed by atoms with Gasteiger partial charge in [0.1, 0.15) is 5.75 Å². The summed E-state index contributed by atoms with van der Waals surface area (Å²) in [6.45, 7) is 7.79. The van der Waals surface area contributed by atoms with Gasteiger partial charge in [-0.3, -0.25) is 9.59 Å². The van der Waals surface area contributed by atoms with Crippen molar-refractivity contribution in [2.24, 2.45) is 5.41 Å². The number of carbonyl (C=O) groups is 2. The highest BCUT2D eigenvalue weighted by atomic mass is 16.5. The van der Waals surface area contributed by atoms with Gasteiger partial charge in [0.05, 0.1) is 13.5 Å². The highest BCUT2D eigenvalue weighted by Gasteiger charge is 2.22. The number of amides is 1. The second kappa shape index (κ2) is 7.82. The van der Waals surface area contributed by atoms with Crippen LogP contribution < -0.4 is 10.1 Å². The lowest BCUT2D eigenvalue weighted by Gasteiger charge is -2.19. The van der Waals surface area contributed by atoms with Gasteiger partial charge in [-0.25, -0.2) is 0 Å². The van der Waals surface area contributed by atoms with Gasteiger partial charge in [0.25, 0.3) is 5.91 Å². The van der Waals surface area contributed by atoms with E-state index < -0.39 is 6.10 Å². The number of hydrogen-bond donors (Lipinski definition) is 1. The van der Waals surface area contributed by atoms with Crippen LogP contribution in [-0.4, -0.2) is 25.1 Å². The molecule has 0 aliphatic heterocycles. The van der Waals surface area contributed by atoms with E-state index in [0.717, 1.165) is 11.3 Å². The fourth-order valence-electron chi connectivity index (χ4n) is 1.80. The van der Waals surface area contributed by atoms with Crippen LogP contribution in [0.1, 0.15) is 39.7 Å². The molecule has 0 heterocycles. The van der Waals surface area contributed by atoms with Gasteiger partial charge >= 0.3 is 5.97 Å². The third-order valence-electron chi connectivity index (χ3n) is 2.98. The molecule has 0 saturated heterocycles. The third kappa shape index (κ3) is 6.61. The number of carbonyl (C=O) groups excluding carboxylic acids is 2. The fraction of sp³-hybridized carbons (Fsp3) is 0.529. The second-order valence-electron chi connectivity index (χ2n) is 6.44. The molecule has 22 heavy (non-hydrogen) atoms. The molecule has 1 aromatic rings. The molecule has 0 spiro atoms. The lowest BCUT2D eigenvalue weighted by atomic mass is 9.92. The Hall–Kier alpha value is -2.04. The van der Waals surface area contributed by atoms with Crippen LogP contribution in [0.3, 0.4) is 0 Å². The van der Waals surface area contributed by atoms with Crippen LogP contribution in [0.15, 0.2) is 24.3 Å². The first-order chi connectivity index (χ1) is 10.2. The first-order valence-corrected chi connectivity index (χ1v) is 7.31. The average molecular weight is 307 g/mol. The number of esters is 1. The standard InChI is InChI=1S/C17H25NO4/c1-12(22-15(19)10-17(2,3)4)16(20)18-11-13-6-8-14(21-5)9-7-13/h6-9,12H,10-11H2,1-5H3,(H,18,20)/t12-/m0/s1. The molecule has 5 nitrogen and oxygen atoms in total. The van der Waals surface area contributed by atoms with Gasteiger partial charge in [-0.1, -0.05) is 32.9 Å². The Balaban J connectivity index is 2.42. The summed E-state index contributed by atoms with van der Waals surface area (Å²) in [5.74, 6) is 0.0947. The zero-order chi connectivity index (χ0) is 16.8. The van der Waals surface area contributed by atoms with Gasteiger partial charge in [-0.2, -0.15) is 0 Å². The number of nitrogens with one attached hydrogen (secondary N) is 1. The number of ether oxygens (including phenoxy) is 2. The molecule has 1 aromatic carbocycles. The molecule has 1 amide bonds. The lowest BCUT2D eigenvalue weighted by Crippen LogP contribution is -2.36. The lowest BCUT2D eigenvalue weighted by molar-refractivity contribution is -0.156. The van der Waals surface area contributed by atoms with Gasteiger partial charge in [0, 0.05) is 6.54 Å². The first kappa shape index (κ1) is 18.0. The Morgan fingerprint density at radius 3 is 2.27 bits per heavy atom. The topological polar surface area (TPSA) is 64.6 Å². The summed E-state index contributed by atoms with van der Waals surface area (Å²) in [5, 5.41) is 2.75. The maximum atomic E-state index is 11.9. The Labute approximate surface area is 132 Å². The van der Waals surface area contributed by atoms with Crippen LogP contribution in [0.2, 0.25) is 0 Å². The minimum absolute atomic E-state index is 0.156. The zero-order valence-corrected chi connectivity index (χ0v) is 13.9. The normalized spacial score (nSPS) is 12.4. The van der Waals surface area contributed by atoms with Crippen molar-refractivity contribution < 1.29 is 19.1 Å². The molecular weight excluding hydrogens is 282 g/mol. The fourth-order valence-corrected chi connectivity index (χ4v) is 1.80. The summed E-state index contributed by atoms with van der Waals surface area (Å²) >= 11 is 0. The minimum Gasteiger partial charge on any atom is -0.497 e. The van der Waals surface area contributed by atoms with E-state index in [-0.39, 0.29) is 23.7 Å². The molecule has 0 aliphatic rings. The summed E-state index contributed by atoms with van der Waals surface area (Å²) in [5.41, 5.74) is 0.790. The zero-order valence-electron chi connectivity index (χ0n) is 13.9. The van der Waals surface area contributed by atoms with Crippen LogP contribution in [-0.2, 0) is 20.9 Å². The molecule has 1 rings (SSSR count). The van der Waals surface area contributed by atoms with Gasteiger partial charge in [0.2, 0.25) is 0 Å². The minimum atomic E-state index is -0.798. The molecule has 0 aromatic heterocycles. The van der Waals surface area contributed by atoms with Crippen molar-refractivity contribution in [3.63, 3.8) is 0 Å². The second-order valence-corrected chi connectivity index (χ2v) is 6.44. The van der Waals surface area contributed by atoms with Crippen molar-refractivity contribution in [3.05, 3.63) is 29.8 Å². The quantitative estimate of drug-likeness (QED) is 0.821. The molecule has 0 saturated carbocycles. The maximum absolute atomic E-state index is 11.9. The molecule has 122 valence electrons. The largest absolute Gasteiger partial charge is 0.497 e. The molecule has 5 heteroatoms. The summed E-state index contributed by atoms with van der Waals surface area (Å²) in [4.78, 5) is 23.6. The third-order valence-corrected chi connectivity index (χ3v) is 2.98. The van der Waals surface area contributed by atoms with Gasteiger partial charge in [-0.15, -0.1) is 0 Å². The Bertz CT molecular complexity index is 502. The summed E-state index contributed by atoms with van der Waals surface area (Å²) in [7, 11) is 1.60. The van der Waals surface area contributed by atoms with E-state index >= 15 is 0 Å². The number of benzene rings is 1. The van der Waals surface area contributed by atoms with Crippen molar-refractivity contribution in [1.29, 1.82) is 0 Å². The molecule has 0 unspecified atom stereocenters. The molecule has 0 aliphatic carbocycles. The predicted octanol–water partition coefficient (Wildman–Crippen LogP) is 2.68. The van der Waals surface area contributed by atoms with E-state index in [9.17, 15) is 9.59 Å². The van der Waals surface area contributed by atoms with Gasteiger partial charge < -0.3 is 14.8 Å². The summed E-state index contributed by atoms with van der Waals surface area (Å²) < 4.78 is 10.2. The Morgan fingerprint density at radius 1 is 1.18 bits per heavy atom.